The van der Waals surface area contributed by atoms with Crippen LogP contribution in [-0.4, -0.2) is 53.6 Å². The van der Waals surface area contributed by atoms with Gasteiger partial charge in [0.15, 0.2) is 11.5 Å². The van der Waals surface area contributed by atoms with E-state index in [-0.39, 0.29) is 34.9 Å². The van der Waals surface area contributed by atoms with E-state index in [4.69, 9.17) is 15.2 Å². The van der Waals surface area contributed by atoms with Crippen molar-refractivity contribution in [3.63, 3.8) is 0 Å². The molecular weight excluding hydrogens is 534 g/mol. The van der Waals surface area contributed by atoms with Crippen LogP contribution < -0.4 is 20.5 Å². The van der Waals surface area contributed by atoms with Gasteiger partial charge in [-0.25, -0.2) is 9.37 Å². The minimum absolute atomic E-state index is 0.0232. The quantitative estimate of drug-likeness (QED) is 0.274. The first-order chi connectivity index (χ1) is 18.5. The zero-order chi connectivity index (χ0) is 29.9. The zero-order valence-electron chi connectivity index (χ0n) is 22.3. The van der Waals surface area contributed by atoms with Gasteiger partial charge in [-0.15, -0.1) is 0 Å². The Balaban J connectivity index is 2.00. The van der Waals surface area contributed by atoms with E-state index in [1.54, 1.807) is 13.8 Å². The highest BCUT2D eigenvalue weighted by molar-refractivity contribution is 5.95. The summed E-state index contributed by atoms with van der Waals surface area (Å²) in [7, 11) is 1.36. The number of aliphatic hydroxyl groups excluding tert-OH is 1. The minimum atomic E-state index is -5.27. The number of pyridine rings is 1. The fourth-order valence-electron chi connectivity index (χ4n) is 3.67. The standard InChI is InChI=1S/C28H31F4N3O5/c1-16(36)14-40-23-11-18(7-10-22(23)39-4)25(37)34-15-27(38,28(30,31)32)24-13-19(26(2,3)33)12-21(35-24)17-5-8-20(29)9-6-17/h5-13,16,36,38H,14-15,33H2,1-4H3,(H,34,37)/t16-,27?/m1/s1. The molecule has 12 heteroatoms. The van der Waals surface area contributed by atoms with Crippen molar-refractivity contribution in [2.24, 2.45) is 5.73 Å². The molecule has 1 unspecified atom stereocenters. The molecule has 0 spiro atoms. The Bertz CT molecular complexity index is 1340. The van der Waals surface area contributed by atoms with Gasteiger partial charge in [0.2, 0.25) is 5.60 Å². The number of nitrogens with two attached hydrogens (primary N) is 1. The molecule has 2 atom stereocenters. The lowest BCUT2D eigenvalue weighted by molar-refractivity contribution is -0.265. The van der Waals surface area contributed by atoms with Crippen molar-refractivity contribution < 1.29 is 42.0 Å². The molecule has 0 aliphatic rings. The normalized spacial score (nSPS) is 14.3. The van der Waals surface area contributed by atoms with Crippen molar-refractivity contribution in [2.75, 3.05) is 20.3 Å². The molecule has 5 N–H and O–H groups in total. The first-order valence-electron chi connectivity index (χ1n) is 12.2. The average Bonchev–Trinajstić information content (AvgIpc) is 2.89. The Hall–Kier alpha value is -3.74. The molecule has 3 rings (SSSR count). The Morgan fingerprint density at radius 1 is 1.07 bits per heavy atom. The topological polar surface area (TPSA) is 127 Å². The summed E-state index contributed by atoms with van der Waals surface area (Å²) in [5.41, 5.74) is 1.09. The lowest BCUT2D eigenvalue weighted by Crippen LogP contribution is -2.51. The Morgan fingerprint density at radius 2 is 1.73 bits per heavy atom. The Labute approximate surface area is 228 Å². The van der Waals surface area contributed by atoms with Gasteiger partial charge in [-0.05, 0) is 80.9 Å². The number of rotatable bonds is 10. The van der Waals surface area contributed by atoms with E-state index in [1.165, 1.54) is 50.4 Å². The summed E-state index contributed by atoms with van der Waals surface area (Å²) in [5.74, 6) is -1.17. The second-order valence-electron chi connectivity index (χ2n) is 9.92. The van der Waals surface area contributed by atoms with E-state index in [0.717, 1.165) is 18.2 Å². The highest BCUT2D eigenvalue weighted by Crippen LogP contribution is 2.40. The van der Waals surface area contributed by atoms with Crippen molar-refractivity contribution in [3.05, 3.63) is 77.2 Å². The van der Waals surface area contributed by atoms with Crippen molar-refractivity contribution in [3.8, 4) is 22.8 Å². The summed E-state index contributed by atoms with van der Waals surface area (Å²) >= 11 is 0. The number of nitrogens with one attached hydrogen (secondary N) is 1. The molecule has 2 aromatic carbocycles. The van der Waals surface area contributed by atoms with Crippen LogP contribution in [0.15, 0.2) is 54.6 Å². The predicted molar refractivity (Wildman–Crippen MR) is 139 cm³/mol. The van der Waals surface area contributed by atoms with Crippen LogP contribution in [0.3, 0.4) is 0 Å². The molecule has 0 aliphatic carbocycles. The summed E-state index contributed by atoms with van der Waals surface area (Å²) in [6.07, 6.45) is -6.10. The van der Waals surface area contributed by atoms with Gasteiger partial charge in [-0.3, -0.25) is 4.79 Å². The van der Waals surface area contributed by atoms with E-state index < -0.39 is 47.4 Å². The summed E-state index contributed by atoms with van der Waals surface area (Å²) < 4.78 is 67.3. The van der Waals surface area contributed by atoms with Gasteiger partial charge in [0.1, 0.15) is 12.4 Å². The number of amides is 1. The molecule has 216 valence electrons. The lowest BCUT2D eigenvalue weighted by Gasteiger charge is -2.32. The summed E-state index contributed by atoms with van der Waals surface area (Å²) in [4.78, 5) is 16.9. The molecule has 40 heavy (non-hydrogen) atoms. The molecule has 0 bridgehead atoms. The molecule has 8 nitrogen and oxygen atoms in total. The molecule has 1 aromatic heterocycles. The van der Waals surface area contributed by atoms with Gasteiger partial charge in [0, 0.05) is 16.7 Å². The first-order valence-corrected chi connectivity index (χ1v) is 12.2. The summed E-state index contributed by atoms with van der Waals surface area (Å²) in [6.45, 7) is 3.21. The number of halogens is 4. The number of carbonyl (C=O) groups is 1. The van der Waals surface area contributed by atoms with Crippen LogP contribution in [0.25, 0.3) is 11.3 Å². The maximum absolute atomic E-state index is 14.4. The van der Waals surface area contributed by atoms with Crippen molar-refractivity contribution >= 4 is 5.91 Å². The third kappa shape index (κ3) is 7.06. The molecule has 0 fully saturated rings. The molecule has 0 saturated carbocycles. The van der Waals surface area contributed by atoms with Gasteiger partial charge < -0.3 is 30.7 Å². The van der Waals surface area contributed by atoms with Gasteiger partial charge in [-0.1, -0.05) is 0 Å². The number of benzene rings is 2. The number of alkyl halides is 3. The fourth-order valence-corrected chi connectivity index (χ4v) is 3.67. The van der Waals surface area contributed by atoms with Crippen LogP contribution in [-0.2, 0) is 11.1 Å². The Kier molecular flexibility index (Phi) is 9.07. The van der Waals surface area contributed by atoms with Gasteiger partial charge in [0.25, 0.3) is 5.91 Å². The molecule has 0 aliphatic heterocycles. The molecule has 1 amide bonds. The highest BCUT2D eigenvalue weighted by Gasteiger charge is 2.56. The number of methoxy groups -OCH3 is 1. The SMILES string of the molecule is COc1ccc(C(=O)NCC(O)(c2cc(C(C)(C)N)cc(-c3ccc(F)cc3)n2)C(F)(F)F)cc1OC[C@@H](C)O. The highest BCUT2D eigenvalue weighted by atomic mass is 19.4. The molecule has 3 aromatic rings. The maximum atomic E-state index is 14.4. The fraction of sp³-hybridized carbons (Fsp3) is 0.357. The molecule has 1 heterocycles. The van der Waals surface area contributed by atoms with Crippen LogP contribution in [0.2, 0.25) is 0 Å². The average molecular weight is 566 g/mol. The first kappa shape index (κ1) is 30.8. The molecule has 0 saturated heterocycles. The number of ether oxygens (including phenoxy) is 2. The van der Waals surface area contributed by atoms with Gasteiger partial charge in [-0.2, -0.15) is 13.2 Å². The predicted octanol–water partition coefficient (Wildman–Crippen LogP) is 4.03. The van der Waals surface area contributed by atoms with Crippen LogP contribution in [0.1, 0.15) is 42.4 Å². The number of carbonyl (C=O) groups excluding carboxylic acids is 1. The largest absolute Gasteiger partial charge is 0.493 e. The van der Waals surface area contributed by atoms with Gasteiger partial charge >= 0.3 is 6.18 Å². The number of nitrogens with zero attached hydrogens (tertiary/aromatic N) is 1. The van der Waals surface area contributed by atoms with Gasteiger partial charge in [0.05, 0.1) is 31.1 Å². The van der Waals surface area contributed by atoms with E-state index in [1.807, 2.05) is 0 Å². The summed E-state index contributed by atoms with van der Waals surface area (Å²) in [5, 5.41) is 22.6. The van der Waals surface area contributed by atoms with E-state index in [9.17, 15) is 32.6 Å². The number of hydrogen-bond donors (Lipinski definition) is 4. The monoisotopic (exact) mass is 565 g/mol. The minimum Gasteiger partial charge on any atom is -0.493 e. The third-order valence-electron chi connectivity index (χ3n) is 6.01. The second-order valence-corrected chi connectivity index (χ2v) is 9.92. The van der Waals surface area contributed by atoms with Crippen molar-refractivity contribution in [2.45, 2.75) is 44.2 Å². The van der Waals surface area contributed by atoms with Crippen molar-refractivity contribution in [1.82, 2.24) is 10.3 Å². The van der Waals surface area contributed by atoms with E-state index in [0.29, 0.717) is 5.56 Å². The molecule has 0 radical (unpaired) electrons. The molecular formula is C28H31F4N3O5. The lowest BCUT2D eigenvalue weighted by atomic mass is 9.89. The Morgan fingerprint density at radius 3 is 2.27 bits per heavy atom. The smallest absolute Gasteiger partial charge is 0.424 e. The van der Waals surface area contributed by atoms with Crippen LogP contribution >= 0.6 is 0 Å². The van der Waals surface area contributed by atoms with Crippen LogP contribution in [0.4, 0.5) is 17.6 Å². The van der Waals surface area contributed by atoms with Crippen LogP contribution in [0, 0.1) is 5.82 Å². The second kappa shape index (κ2) is 11.8. The summed E-state index contributed by atoms with van der Waals surface area (Å²) in [6, 6.07) is 11.3. The third-order valence-corrected chi connectivity index (χ3v) is 6.01. The number of aliphatic hydroxyl groups is 2. The van der Waals surface area contributed by atoms with Crippen molar-refractivity contribution in [1.29, 1.82) is 0 Å². The zero-order valence-corrected chi connectivity index (χ0v) is 22.3. The van der Waals surface area contributed by atoms with Crippen LogP contribution in [0.5, 0.6) is 11.5 Å². The van der Waals surface area contributed by atoms with E-state index >= 15 is 0 Å². The number of hydrogen-bond acceptors (Lipinski definition) is 7. The van der Waals surface area contributed by atoms with E-state index in [2.05, 4.69) is 10.3 Å². The number of aromatic nitrogens is 1. The maximum Gasteiger partial charge on any atom is 0.424 e.